The second-order valence-corrected chi connectivity index (χ2v) is 6.28. The largest absolute Gasteiger partial charge is 0.480 e. The molecule has 0 aliphatic carbocycles. The highest BCUT2D eigenvalue weighted by Crippen LogP contribution is 2.46. The van der Waals surface area contributed by atoms with E-state index in [1.54, 1.807) is 24.0 Å². The van der Waals surface area contributed by atoms with E-state index in [1.807, 2.05) is 19.9 Å². The maximum absolute atomic E-state index is 11.2. The number of pyridine rings is 1. The number of aliphatic carboxylic acids is 1. The number of carboxylic acid groups (broad SMARTS) is 1. The Morgan fingerprint density at radius 2 is 2.35 bits per heavy atom. The maximum atomic E-state index is 11.2. The SMILES string of the molecule is CC1(C)S[C@H](c2cccnc2N)N[C@H]1C(=O)O. The van der Waals surface area contributed by atoms with Gasteiger partial charge in [0.15, 0.2) is 0 Å². The van der Waals surface area contributed by atoms with Gasteiger partial charge in [-0.1, -0.05) is 6.07 Å². The van der Waals surface area contributed by atoms with Crippen LogP contribution in [-0.4, -0.2) is 26.8 Å². The molecule has 6 heteroatoms. The molecule has 0 aromatic carbocycles. The van der Waals surface area contributed by atoms with Crippen molar-refractivity contribution in [3.63, 3.8) is 0 Å². The van der Waals surface area contributed by atoms with E-state index in [0.717, 1.165) is 5.56 Å². The van der Waals surface area contributed by atoms with Crippen molar-refractivity contribution >= 4 is 23.5 Å². The zero-order valence-corrected chi connectivity index (χ0v) is 10.5. The summed E-state index contributed by atoms with van der Waals surface area (Å²) in [5, 5.41) is 12.1. The van der Waals surface area contributed by atoms with E-state index >= 15 is 0 Å². The smallest absolute Gasteiger partial charge is 0.322 e. The number of nitrogens with two attached hydrogens (primary N) is 1. The molecule has 4 N–H and O–H groups in total. The van der Waals surface area contributed by atoms with Crippen LogP contribution in [0.3, 0.4) is 0 Å². The molecule has 1 aliphatic rings. The van der Waals surface area contributed by atoms with Crippen molar-refractivity contribution in [1.29, 1.82) is 0 Å². The number of nitrogens with zero attached hydrogens (tertiary/aromatic N) is 1. The van der Waals surface area contributed by atoms with Crippen LogP contribution in [0.2, 0.25) is 0 Å². The number of anilines is 1. The monoisotopic (exact) mass is 253 g/mol. The Hall–Kier alpha value is -1.27. The third-order valence-electron chi connectivity index (χ3n) is 2.84. The van der Waals surface area contributed by atoms with Gasteiger partial charge in [0.25, 0.3) is 0 Å². The van der Waals surface area contributed by atoms with Gasteiger partial charge in [0.1, 0.15) is 11.9 Å². The van der Waals surface area contributed by atoms with E-state index in [0.29, 0.717) is 5.82 Å². The van der Waals surface area contributed by atoms with Crippen LogP contribution < -0.4 is 11.1 Å². The van der Waals surface area contributed by atoms with E-state index in [1.165, 1.54) is 0 Å². The van der Waals surface area contributed by atoms with Crippen molar-refractivity contribution in [2.45, 2.75) is 30.0 Å². The first kappa shape index (κ1) is 12.2. The van der Waals surface area contributed by atoms with Gasteiger partial charge < -0.3 is 10.8 Å². The summed E-state index contributed by atoms with van der Waals surface area (Å²) in [5.41, 5.74) is 6.64. The Morgan fingerprint density at radius 1 is 1.65 bits per heavy atom. The van der Waals surface area contributed by atoms with E-state index in [9.17, 15) is 4.79 Å². The molecule has 0 spiro atoms. The van der Waals surface area contributed by atoms with Gasteiger partial charge in [-0.2, -0.15) is 0 Å². The van der Waals surface area contributed by atoms with Crippen molar-refractivity contribution in [2.75, 3.05) is 5.73 Å². The van der Waals surface area contributed by atoms with Crippen molar-refractivity contribution in [3.8, 4) is 0 Å². The van der Waals surface area contributed by atoms with Crippen molar-refractivity contribution < 1.29 is 9.90 Å². The molecule has 5 nitrogen and oxygen atoms in total. The fourth-order valence-electron chi connectivity index (χ4n) is 1.93. The minimum atomic E-state index is -0.840. The minimum Gasteiger partial charge on any atom is -0.480 e. The summed E-state index contributed by atoms with van der Waals surface area (Å²) in [6.07, 6.45) is 1.62. The average molecular weight is 253 g/mol. The molecule has 2 atom stereocenters. The Labute approximate surface area is 104 Å². The van der Waals surface area contributed by atoms with E-state index in [2.05, 4.69) is 10.3 Å². The lowest BCUT2D eigenvalue weighted by Crippen LogP contribution is -2.43. The van der Waals surface area contributed by atoms with Crippen molar-refractivity contribution in [2.24, 2.45) is 0 Å². The molecular formula is C11H15N3O2S. The molecule has 92 valence electrons. The highest BCUT2D eigenvalue weighted by atomic mass is 32.2. The predicted molar refractivity (Wildman–Crippen MR) is 67.6 cm³/mol. The molecule has 0 saturated carbocycles. The van der Waals surface area contributed by atoms with Crippen molar-refractivity contribution in [3.05, 3.63) is 23.9 Å². The lowest BCUT2D eigenvalue weighted by atomic mass is 10.0. The molecule has 1 saturated heterocycles. The summed E-state index contributed by atoms with van der Waals surface area (Å²) < 4.78 is -0.376. The number of hydrogen-bond acceptors (Lipinski definition) is 5. The first-order chi connectivity index (χ1) is 7.92. The van der Waals surface area contributed by atoms with Gasteiger partial charge in [-0.3, -0.25) is 10.1 Å². The van der Waals surface area contributed by atoms with E-state index in [4.69, 9.17) is 10.8 Å². The zero-order valence-electron chi connectivity index (χ0n) is 9.68. The van der Waals surface area contributed by atoms with Gasteiger partial charge in [-0.25, -0.2) is 4.98 Å². The van der Waals surface area contributed by atoms with Gasteiger partial charge in [0, 0.05) is 16.5 Å². The molecule has 1 fully saturated rings. The van der Waals surface area contributed by atoms with Crippen LogP contribution in [0.4, 0.5) is 5.82 Å². The van der Waals surface area contributed by atoms with Gasteiger partial charge in [0.05, 0.1) is 5.37 Å². The van der Waals surface area contributed by atoms with Gasteiger partial charge in [-0.05, 0) is 19.9 Å². The summed E-state index contributed by atoms with van der Waals surface area (Å²) in [5.74, 6) is -0.396. The summed E-state index contributed by atoms with van der Waals surface area (Å²) in [7, 11) is 0. The highest BCUT2D eigenvalue weighted by molar-refractivity contribution is 8.01. The van der Waals surface area contributed by atoms with Crippen LogP contribution in [-0.2, 0) is 4.79 Å². The summed E-state index contributed by atoms with van der Waals surface area (Å²) in [6.45, 7) is 3.83. The molecule has 17 heavy (non-hydrogen) atoms. The summed E-state index contributed by atoms with van der Waals surface area (Å²) in [4.78, 5) is 15.2. The fourth-order valence-corrected chi connectivity index (χ4v) is 3.37. The number of carbonyl (C=O) groups is 1. The number of rotatable bonds is 2. The molecule has 0 amide bonds. The van der Waals surface area contributed by atoms with Crippen LogP contribution in [0.25, 0.3) is 0 Å². The molecule has 0 unspecified atom stereocenters. The molecule has 0 bridgehead atoms. The van der Waals surface area contributed by atoms with Crippen LogP contribution in [0, 0.1) is 0 Å². The lowest BCUT2D eigenvalue weighted by Gasteiger charge is -2.20. The average Bonchev–Trinajstić information content (AvgIpc) is 2.55. The molecule has 1 aliphatic heterocycles. The number of aromatic nitrogens is 1. The summed E-state index contributed by atoms with van der Waals surface area (Å²) in [6, 6.07) is 3.08. The van der Waals surface area contributed by atoms with Crippen LogP contribution >= 0.6 is 11.8 Å². The maximum Gasteiger partial charge on any atom is 0.322 e. The third kappa shape index (κ3) is 2.23. The first-order valence-corrected chi connectivity index (χ1v) is 6.17. The standard InChI is InChI=1S/C11H15N3O2S/c1-11(2)7(10(15)16)14-9(17-11)6-4-3-5-13-8(6)12/h3-5,7,9,14H,1-2H3,(H2,12,13)(H,15,16)/t7-,9+/m0/s1. The zero-order chi connectivity index (χ0) is 12.6. The molecule has 0 radical (unpaired) electrons. The third-order valence-corrected chi connectivity index (χ3v) is 4.30. The number of thioether (sulfide) groups is 1. The fraction of sp³-hybridized carbons (Fsp3) is 0.455. The predicted octanol–water partition coefficient (Wildman–Crippen LogP) is 1.23. The number of carboxylic acids is 1. The quantitative estimate of drug-likeness (QED) is 0.734. The second kappa shape index (κ2) is 4.19. The number of hydrogen-bond donors (Lipinski definition) is 3. The van der Waals surface area contributed by atoms with E-state index in [-0.39, 0.29) is 10.1 Å². The Balaban J connectivity index is 2.28. The first-order valence-electron chi connectivity index (χ1n) is 5.29. The van der Waals surface area contributed by atoms with Crippen molar-refractivity contribution in [1.82, 2.24) is 10.3 Å². The van der Waals surface area contributed by atoms with Crippen LogP contribution in [0.1, 0.15) is 24.8 Å². The molecule has 1 aromatic heterocycles. The van der Waals surface area contributed by atoms with Gasteiger partial charge in [-0.15, -0.1) is 11.8 Å². The molecule has 2 rings (SSSR count). The lowest BCUT2D eigenvalue weighted by molar-refractivity contribution is -0.139. The van der Waals surface area contributed by atoms with Crippen LogP contribution in [0.15, 0.2) is 18.3 Å². The van der Waals surface area contributed by atoms with Crippen LogP contribution in [0.5, 0.6) is 0 Å². The van der Waals surface area contributed by atoms with E-state index < -0.39 is 12.0 Å². The Kier molecular flexibility index (Phi) is 3.01. The number of nitrogens with one attached hydrogen (secondary N) is 1. The number of nitrogen functional groups attached to an aromatic ring is 1. The van der Waals surface area contributed by atoms with Gasteiger partial charge in [0.2, 0.25) is 0 Å². The molecular weight excluding hydrogens is 238 g/mol. The Bertz CT molecular complexity index is 450. The second-order valence-electron chi connectivity index (χ2n) is 4.52. The molecule has 1 aromatic rings. The van der Waals surface area contributed by atoms with Gasteiger partial charge >= 0.3 is 5.97 Å². The minimum absolute atomic E-state index is 0.125. The topological polar surface area (TPSA) is 88.2 Å². The highest BCUT2D eigenvalue weighted by Gasteiger charge is 2.46. The molecule has 2 heterocycles. The Morgan fingerprint density at radius 3 is 2.88 bits per heavy atom. The normalized spacial score (nSPS) is 26.9. The summed E-state index contributed by atoms with van der Waals surface area (Å²) >= 11 is 1.56.